The van der Waals surface area contributed by atoms with Crippen LogP contribution in [0.2, 0.25) is 0 Å². The summed E-state index contributed by atoms with van der Waals surface area (Å²) < 4.78 is 1.68. The van der Waals surface area contributed by atoms with Crippen molar-refractivity contribution in [3.63, 3.8) is 0 Å². The molecular formula is C18H20N4O2. The predicted molar refractivity (Wildman–Crippen MR) is 89.3 cm³/mol. The van der Waals surface area contributed by atoms with Crippen molar-refractivity contribution in [3.8, 4) is 11.3 Å². The molecule has 0 radical (unpaired) electrons. The fourth-order valence-corrected chi connectivity index (χ4v) is 3.80. The van der Waals surface area contributed by atoms with Crippen LogP contribution >= 0.6 is 0 Å². The maximum absolute atomic E-state index is 13.3. The summed E-state index contributed by atoms with van der Waals surface area (Å²) in [5.41, 5.74) is 2.24. The van der Waals surface area contributed by atoms with Gasteiger partial charge in [-0.05, 0) is 12.8 Å². The van der Waals surface area contributed by atoms with E-state index in [9.17, 15) is 9.59 Å². The minimum absolute atomic E-state index is 0.00571. The van der Waals surface area contributed by atoms with Gasteiger partial charge in [0, 0.05) is 43.9 Å². The molecule has 0 saturated carbocycles. The van der Waals surface area contributed by atoms with E-state index in [-0.39, 0.29) is 23.9 Å². The molecule has 124 valence electrons. The van der Waals surface area contributed by atoms with E-state index in [2.05, 4.69) is 10.4 Å². The number of aryl methyl sites for hydroxylation is 1. The van der Waals surface area contributed by atoms with Gasteiger partial charge in [0.1, 0.15) is 5.69 Å². The lowest BCUT2D eigenvalue weighted by Crippen LogP contribution is -2.42. The summed E-state index contributed by atoms with van der Waals surface area (Å²) in [6.07, 6.45) is 4.01. The molecule has 2 aliphatic rings. The van der Waals surface area contributed by atoms with Crippen molar-refractivity contribution >= 4 is 11.8 Å². The van der Waals surface area contributed by atoms with Crippen LogP contribution in [0.3, 0.4) is 0 Å². The predicted octanol–water partition coefficient (Wildman–Crippen LogP) is 1.58. The van der Waals surface area contributed by atoms with E-state index in [1.54, 1.807) is 10.9 Å². The summed E-state index contributed by atoms with van der Waals surface area (Å²) in [7, 11) is 1.82. The molecular weight excluding hydrogens is 304 g/mol. The highest BCUT2D eigenvalue weighted by Gasteiger charge is 2.41. The van der Waals surface area contributed by atoms with Crippen LogP contribution in [0.25, 0.3) is 11.3 Å². The zero-order valence-corrected chi connectivity index (χ0v) is 13.6. The quantitative estimate of drug-likeness (QED) is 0.912. The number of carbonyl (C=O) groups is 2. The lowest BCUT2D eigenvalue weighted by Gasteiger charge is -2.27. The fourth-order valence-electron chi connectivity index (χ4n) is 3.80. The summed E-state index contributed by atoms with van der Waals surface area (Å²) in [5.74, 6) is 0.0143. The maximum atomic E-state index is 13.3. The van der Waals surface area contributed by atoms with Crippen LogP contribution in [0.1, 0.15) is 29.6 Å². The van der Waals surface area contributed by atoms with E-state index in [1.165, 1.54) is 0 Å². The van der Waals surface area contributed by atoms with Crippen LogP contribution in [-0.4, -0.2) is 45.1 Å². The summed E-state index contributed by atoms with van der Waals surface area (Å²) in [6.45, 7) is 0.544. The Morgan fingerprint density at radius 2 is 1.96 bits per heavy atom. The number of carbonyl (C=O) groups excluding carboxylic acids is 2. The molecule has 1 aromatic carbocycles. The van der Waals surface area contributed by atoms with Crippen molar-refractivity contribution in [1.29, 1.82) is 0 Å². The third-order valence-corrected chi connectivity index (χ3v) is 4.92. The third kappa shape index (κ3) is 2.48. The van der Waals surface area contributed by atoms with E-state index in [1.807, 2.05) is 42.3 Å². The molecule has 2 amide bonds. The second kappa shape index (κ2) is 5.78. The van der Waals surface area contributed by atoms with Gasteiger partial charge >= 0.3 is 0 Å². The lowest BCUT2D eigenvalue weighted by molar-refractivity contribution is -0.121. The van der Waals surface area contributed by atoms with Crippen molar-refractivity contribution in [3.05, 3.63) is 42.1 Å². The zero-order chi connectivity index (χ0) is 16.7. The molecule has 2 saturated heterocycles. The first-order valence-electron chi connectivity index (χ1n) is 8.32. The van der Waals surface area contributed by atoms with E-state index in [0.717, 1.165) is 18.4 Å². The molecule has 2 bridgehead atoms. The average molecular weight is 324 g/mol. The van der Waals surface area contributed by atoms with E-state index in [0.29, 0.717) is 24.2 Å². The smallest absolute Gasteiger partial charge is 0.258 e. The van der Waals surface area contributed by atoms with E-state index < -0.39 is 0 Å². The Morgan fingerprint density at radius 1 is 1.21 bits per heavy atom. The molecule has 2 fully saturated rings. The van der Waals surface area contributed by atoms with Crippen LogP contribution < -0.4 is 5.32 Å². The number of nitrogens with one attached hydrogen (secondary N) is 1. The number of aromatic nitrogens is 2. The molecule has 3 heterocycles. The molecule has 2 aliphatic heterocycles. The monoisotopic (exact) mass is 324 g/mol. The molecule has 6 heteroatoms. The van der Waals surface area contributed by atoms with E-state index >= 15 is 0 Å². The van der Waals surface area contributed by atoms with Crippen molar-refractivity contribution < 1.29 is 9.59 Å². The first-order chi connectivity index (χ1) is 11.6. The van der Waals surface area contributed by atoms with Crippen LogP contribution in [0.5, 0.6) is 0 Å². The van der Waals surface area contributed by atoms with Crippen molar-refractivity contribution in [2.75, 3.05) is 6.54 Å². The molecule has 1 N–H and O–H groups in total. The van der Waals surface area contributed by atoms with Crippen molar-refractivity contribution in [2.24, 2.45) is 7.05 Å². The molecule has 2 atom stereocenters. The maximum Gasteiger partial charge on any atom is 0.258 e. The number of nitrogens with zero attached hydrogens (tertiary/aromatic N) is 3. The number of amides is 2. The van der Waals surface area contributed by atoms with Gasteiger partial charge in [-0.3, -0.25) is 14.3 Å². The van der Waals surface area contributed by atoms with Crippen LogP contribution in [0.15, 0.2) is 36.5 Å². The summed E-state index contributed by atoms with van der Waals surface area (Å²) in [4.78, 5) is 27.0. The minimum Gasteiger partial charge on any atom is -0.354 e. The molecule has 2 unspecified atom stereocenters. The largest absolute Gasteiger partial charge is 0.354 e. The molecule has 1 aromatic heterocycles. The second-order valence-corrected chi connectivity index (χ2v) is 6.54. The Labute approximate surface area is 140 Å². The van der Waals surface area contributed by atoms with Gasteiger partial charge in [0.15, 0.2) is 0 Å². The van der Waals surface area contributed by atoms with Crippen LogP contribution in [0, 0.1) is 0 Å². The Kier molecular flexibility index (Phi) is 3.59. The molecule has 4 rings (SSSR count). The number of rotatable bonds is 2. The number of fused-ring (bicyclic) bond motifs is 2. The van der Waals surface area contributed by atoms with Crippen molar-refractivity contribution in [1.82, 2.24) is 20.0 Å². The molecule has 6 nitrogen and oxygen atoms in total. The first-order valence-corrected chi connectivity index (χ1v) is 8.32. The lowest BCUT2D eigenvalue weighted by atomic mass is 10.1. The molecule has 2 aromatic rings. The zero-order valence-electron chi connectivity index (χ0n) is 13.6. The van der Waals surface area contributed by atoms with Crippen LogP contribution in [-0.2, 0) is 11.8 Å². The standard InChI is InChI=1S/C18H20N4O2/c1-21-11-15(17(20-21)12-5-3-2-4-6-12)18(24)22-13-7-8-14(22)10-19-16(23)9-13/h2-6,11,13-14H,7-10H2,1H3,(H,19,23). The molecule has 24 heavy (non-hydrogen) atoms. The summed E-state index contributed by atoms with van der Waals surface area (Å²) in [6, 6.07) is 9.82. The molecule has 0 aliphatic carbocycles. The van der Waals surface area contributed by atoms with Gasteiger partial charge in [0.25, 0.3) is 5.91 Å². The third-order valence-electron chi connectivity index (χ3n) is 4.92. The Morgan fingerprint density at radius 3 is 2.75 bits per heavy atom. The van der Waals surface area contributed by atoms with Gasteiger partial charge < -0.3 is 10.2 Å². The highest BCUT2D eigenvalue weighted by Crippen LogP contribution is 2.32. The van der Waals surface area contributed by atoms with Gasteiger partial charge in [-0.1, -0.05) is 30.3 Å². The van der Waals surface area contributed by atoms with Gasteiger partial charge in [-0.2, -0.15) is 5.10 Å². The van der Waals surface area contributed by atoms with Gasteiger partial charge in [0.05, 0.1) is 5.56 Å². The number of hydrogen-bond acceptors (Lipinski definition) is 3. The second-order valence-electron chi connectivity index (χ2n) is 6.54. The Balaban J connectivity index is 1.72. The first kappa shape index (κ1) is 14.9. The highest BCUT2D eigenvalue weighted by atomic mass is 16.2. The highest BCUT2D eigenvalue weighted by molar-refractivity contribution is 6.00. The topological polar surface area (TPSA) is 67.2 Å². The summed E-state index contributed by atoms with van der Waals surface area (Å²) in [5, 5.41) is 7.40. The number of hydrogen-bond donors (Lipinski definition) is 1. The Bertz CT molecular complexity index is 784. The Hall–Kier alpha value is -2.63. The average Bonchev–Trinajstić information content (AvgIpc) is 3.11. The minimum atomic E-state index is -0.0223. The van der Waals surface area contributed by atoms with Gasteiger partial charge in [-0.15, -0.1) is 0 Å². The SMILES string of the molecule is Cn1cc(C(=O)N2C3CCC2CC(=O)NC3)c(-c2ccccc2)n1. The number of benzene rings is 1. The van der Waals surface area contributed by atoms with Crippen LogP contribution in [0.4, 0.5) is 0 Å². The normalized spacial score (nSPS) is 23.0. The molecule has 0 spiro atoms. The van der Waals surface area contributed by atoms with Gasteiger partial charge in [-0.25, -0.2) is 0 Å². The van der Waals surface area contributed by atoms with Crippen molar-refractivity contribution in [2.45, 2.75) is 31.3 Å². The summed E-state index contributed by atoms with van der Waals surface area (Å²) >= 11 is 0. The van der Waals surface area contributed by atoms with Gasteiger partial charge in [0.2, 0.25) is 5.91 Å². The van der Waals surface area contributed by atoms with E-state index in [4.69, 9.17) is 0 Å². The fraction of sp³-hybridized carbons (Fsp3) is 0.389.